The van der Waals surface area contributed by atoms with Crippen LogP contribution < -0.4 is 5.32 Å². The Balaban J connectivity index is 0.000000604. The highest BCUT2D eigenvalue weighted by Crippen LogP contribution is 2.22. The van der Waals surface area contributed by atoms with Gasteiger partial charge in [-0.25, -0.2) is 13.2 Å². The van der Waals surface area contributed by atoms with Gasteiger partial charge >= 0.3 is 12.1 Å². The van der Waals surface area contributed by atoms with Crippen LogP contribution in [-0.4, -0.2) is 104 Å². The molecule has 0 bridgehead atoms. The quantitative estimate of drug-likeness (QED) is 0.501. The number of hydrogen-bond acceptors (Lipinski definition) is 6. The van der Waals surface area contributed by atoms with Crippen molar-refractivity contribution in [3.8, 4) is 0 Å². The molecule has 0 aromatic heterocycles. The Kier molecular flexibility index (Phi) is 10.9. The van der Waals surface area contributed by atoms with Crippen LogP contribution in [0.25, 0.3) is 0 Å². The molecular weight excluding hydrogens is 517 g/mol. The van der Waals surface area contributed by atoms with Crippen LogP contribution in [0.15, 0.2) is 23.1 Å². The van der Waals surface area contributed by atoms with Crippen LogP contribution in [0.5, 0.6) is 0 Å². The molecule has 2 heterocycles. The third-order valence-corrected chi connectivity index (χ3v) is 7.98. The van der Waals surface area contributed by atoms with E-state index >= 15 is 0 Å². The second-order valence-electron chi connectivity index (χ2n) is 8.88. The first kappa shape index (κ1) is 30.5. The van der Waals surface area contributed by atoms with Gasteiger partial charge in [-0.2, -0.15) is 17.5 Å². The number of aryl methyl sites for hydroxylation is 2. The van der Waals surface area contributed by atoms with E-state index in [1.165, 1.54) is 4.31 Å². The molecule has 2 saturated heterocycles. The fraction of sp³-hybridized carbons (Fsp3) is 0.609. The van der Waals surface area contributed by atoms with Crippen molar-refractivity contribution < 1.29 is 41.1 Å². The number of halogens is 3. The van der Waals surface area contributed by atoms with E-state index in [0.717, 1.165) is 18.5 Å². The molecule has 37 heavy (non-hydrogen) atoms. The van der Waals surface area contributed by atoms with Crippen molar-refractivity contribution in [2.75, 3.05) is 52.4 Å². The normalized spacial score (nSPS) is 16.5. The van der Waals surface area contributed by atoms with Crippen LogP contribution in [0.2, 0.25) is 0 Å². The number of rotatable bonds is 8. The first-order valence-electron chi connectivity index (χ1n) is 11.9. The van der Waals surface area contributed by atoms with Crippen molar-refractivity contribution in [2.24, 2.45) is 0 Å². The molecule has 0 spiro atoms. The lowest BCUT2D eigenvalue weighted by atomic mass is 10.2. The minimum Gasteiger partial charge on any atom is -0.475 e. The molecule has 0 radical (unpaired) electrons. The summed E-state index contributed by atoms with van der Waals surface area (Å²) in [6, 6.07) is 5.34. The van der Waals surface area contributed by atoms with Crippen LogP contribution in [0.4, 0.5) is 13.2 Å². The molecule has 1 aromatic rings. The van der Waals surface area contributed by atoms with Gasteiger partial charge in [0.1, 0.15) is 0 Å². The monoisotopic (exact) mass is 550 g/mol. The number of nitrogens with zero attached hydrogens (tertiary/aromatic N) is 3. The van der Waals surface area contributed by atoms with Crippen molar-refractivity contribution in [3.05, 3.63) is 29.3 Å². The SMILES string of the molecule is Cc1ccc(C)c(S(=O)(=O)N(CCCN2CCCC2=O)CC(=O)N2CCNCC2)c1.O=C(O)C(F)(F)F. The van der Waals surface area contributed by atoms with Crippen molar-refractivity contribution >= 4 is 27.8 Å². The Morgan fingerprint density at radius 2 is 1.76 bits per heavy atom. The fourth-order valence-corrected chi connectivity index (χ4v) is 5.69. The highest BCUT2D eigenvalue weighted by atomic mass is 32.2. The van der Waals surface area contributed by atoms with E-state index in [-0.39, 0.29) is 29.8 Å². The summed E-state index contributed by atoms with van der Waals surface area (Å²) >= 11 is 0. The van der Waals surface area contributed by atoms with E-state index < -0.39 is 22.2 Å². The van der Waals surface area contributed by atoms with E-state index in [4.69, 9.17) is 9.90 Å². The number of piperazine rings is 1. The van der Waals surface area contributed by atoms with E-state index in [1.54, 1.807) is 28.9 Å². The van der Waals surface area contributed by atoms with Gasteiger partial charge in [-0.15, -0.1) is 0 Å². The summed E-state index contributed by atoms with van der Waals surface area (Å²) in [5.41, 5.74) is 1.52. The van der Waals surface area contributed by atoms with Gasteiger partial charge in [0.15, 0.2) is 0 Å². The molecular formula is C23H33F3N4O6S. The van der Waals surface area contributed by atoms with Crippen LogP contribution in [-0.2, 0) is 24.4 Å². The van der Waals surface area contributed by atoms with Gasteiger partial charge in [0.05, 0.1) is 11.4 Å². The summed E-state index contributed by atoms with van der Waals surface area (Å²) in [4.78, 5) is 37.3. The fourth-order valence-electron chi connectivity index (χ4n) is 3.95. The lowest BCUT2D eigenvalue weighted by Crippen LogP contribution is -2.50. The molecule has 0 unspecified atom stereocenters. The maximum absolute atomic E-state index is 13.5. The smallest absolute Gasteiger partial charge is 0.475 e. The maximum atomic E-state index is 13.5. The third kappa shape index (κ3) is 8.97. The predicted octanol–water partition coefficient (Wildman–Crippen LogP) is 1.37. The third-order valence-electron chi connectivity index (χ3n) is 5.99. The number of nitrogens with one attached hydrogen (secondary N) is 1. The summed E-state index contributed by atoms with van der Waals surface area (Å²) in [7, 11) is -3.83. The number of hydrogen-bond donors (Lipinski definition) is 2. The van der Waals surface area contributed by atoms with Crippen LogP contribution in [0.1, 0.15) is 30.4 Å². The number of aliphatic carboxylic acids is 1. The summed E-state index contributed by atoms with van der Waals surface area (Å²) in [6.07, 6.45) is -3.17. The number of carboxylic acids is 1. The lowest BCUT2D eigenvalue weighted by molar-refractivity contribution is -0.192. The molecule has 2 aliphatic heterocycles. The highest BCUT2D eigenvalue weighted by Gasteiger charge is 2.38. The second-order valence-corrected chi connectivity index (χ2v) is 10.8. The molecule has 0 atom stereocenters. The minimum absolute atomic E-state index is 0.121. The van der Waals surface area contributed by atoms with Crippen molar-refractivity contribution in [1.82, 2.24) is 19.4 Å². The Labute approximate surface area is 214 Å². The van der Waals surface area contributed by atoms with E-state index in [1.807, 2.05) is 13.0 Å². The second kappa shape index (κ2) is 13.2. The molecule has 2 aliphatic rings. The van der Waals surface area contributed by atoms with E-state index in [9.17, 15) is 31.2 Å². The number of carbonyl (C=O) groups excluding carboxylic acids is 2. The largest absolute Gasteiger partial charge is 0.490 e. The Morgan fingerprint density at radius 1 is 1.14 bits per heavy atom. The van der Waals surface area contributed by atoms with Crippen molar-refractivity contribution in [2.45, 2.75) is 44.2 Å². The standard InChI is InChI=1S/C21H32N4O4S.C2HF3O2/c1-17-6-7-18(2)19(15-17)30(28,29)25(12-4-11-23-10-3-5-20(23)26)16-21(27)24-13-8-22-9-14-24;3-2(4,5)1(6)7/h6-7,15,22H,3-5,8-14,16H2,1-2H3;(H,6,7). The zero-order valence-corrected chi connectivity index (χ0v) is 21.7. The molecule has 10 nitrogen and oxygen atoms in total. The molecule has 2 fully saturated rings. The number of carbonyl (C=O) groups is 3. The Hall–Kier alpha value is -2.71. The molecule has 2 amide bonds. The van der Waals surface area contributed by atoms with Gasteiger partial charge in [-0.3, -0.25) is 9.59 Å². The minimum atomic E-state index is -5.08. The zero-order valence-electron chi connectivity index (χ0n) is 20.9. The van der Waals surface area contributed by atoms with Crippen molar-refractivity contribution in [1.29, 1.82) is 0 Å². The summed E-state index contributed by atoms with van der Waals surface area (Å²) < 4.78 is 60.0. The first-order valence-corrected chi connectivity index (χ1v) is 13.3. The zero-order chi connectivity index (χ0) is 27.8. The van der Waals surface area contributed by atoms with Gasteiger partial charge in [0, 0.05) is 52.2 Å². The van der Waals surface area contributed by atoms with E-state index in [0.29, 0.717) is 51.1 Å². The Morgan fingerprint density at radius 3 is 2.30 bits per heavy atom. The molecule has 208 valence electrons. The number of alkyl halides is 3. The number of carboxylic acid groups (broad SMARTS) is 1. The average molecular weight is 551 g/mol. The Bertz CT molecular complexity index is 1070. The van der Waals surface area contributed by atoms with Crippen LogP contribution in [0, 0.1) is 13.8 Å². The number of likely N-dealkylation sites (tertiary alicyclic amines) is 1. The predicted molar refractivity (Wildman–Crippen MR) is 128 cm³/mol. The number of sulfonamides is 1. The number of amides is 2. The average Bonchev–Trinajstić information content (AvgIpc) is 3.24. The highest BCUT2D eigenvalue weighted by molar-refractivity contribution is 7.89. The van der Waals surface area contributed by atoms with Gasteiger partial charge in [-0.1, -0.05) is 12.1 Å². The van der Waals surface area contributed by atoms with Crippen LogP contribution in [0.3, 0.4) is 0 Å². The van der Waals surface area contributed by atoms with Gasteiger partial charge in [0.2, 0.25) is 21.8 Å². The topological polar surface area (TPSA) is 127 Å². The molecule has 0 saturated carbocycles. The van der Waals surface area contributed by atoms with Gasteiger partial charge in [0.25, 0.3) is 0 Å². The summed E-state index contributed by atoms with van der Waals surface area (Å²) in [5.74, 6) is -2.81. The maximum Gasteiger partial charge on any atom is 0.490 e. The van der Waals surface area contributed by atoms with E-state index in [2.05, 4.69) is 5.32 Å². The summed E-state index contributed by atoms with van der Waals surface area (Å²) in [6.45, 7) is 7.48. The molecule has 14 heteroatoms. The van der Waals surface area contributed by atoms with Gasteiger partial charge in [-0.05, 0) is 43.9 Å². The van der Waals surface area contributed by atoms with Gasteiger partial charge < -0.3 is 20.2 Å². The molecule has 1 aromatic carbocycles. The lowest BCUT2D eigenvalue weighted by Gasteiger charge is -2.30. The first-order chi connectivity index (χ1) is 17.2. The molecule has 2 N–H and O–H groups in total. The molecule has 3 rings (SSSR count). The van der Waals surface area contributed by atoms with Crippen LogP contribution >= 0.6 is 0 Å². The molecule has 0 aliphatic carbocycles. The van der Waals surface area contributed by atoms with Crippen molar-refractivity contribution in [3.63, 3.8) is 0 Å². The summed E-state index contributed by atoms with van der Waals surface area (Å²) in [5, 5.41) is 10.3. The number of benzene rings is 1.